The van der Waals surface area contributed by atoms with Gasteiger partial charge in [-0.3, -0.25) is 4.90 Å². The fourth-order valence-electron chi connectivity index (χ4n) is 4.39. The number of aliphatic hydroxyl groups excluding tert-OH is 1. The van der Waals surface area contributed by atoms with E-state index in [0.717, 1.165) is 24.0 Å². The molecule has 1 aromatic rings. The van der Waals surface area contributed by atoms with Crippen LogP contribution in [0.25, 0.3) is 0 Å². The zero-order valence-electron chi connectivity index (χ0n) is 20.1. The van der Waals surface area contributed by atoms with Crippen LogP contribution in [0.3, 0.4) is 0 Å². The number of aliphatic hydroxyl groups is 1. The molecule has 2 N–H and O–H groups in total. The molecule has 0 aromatic heterocycles. The van der Waals surface area contributed by atoms with Crippen LogP contribution in [0.5, 0.6) is 0 Å². The monoisotopic (exact) mass is 438 g/mol. The van der Waals surface area contributed by atoms with Crippen molar-refractivity contribution in [2.75, 3.05) is 13.1 Å². The molecule has 172 valence electrons. The molecule has 1 saturated heterocycles. The molecule has 1 aliphatic heterocycles. The number of sulfonamides is 1. The Morgan fingerprint density at radius 1 is 0.967 bits per heavy atom. The van der Waals surface area contributed by atoms with E-state index in [1.807, 2.05) is 39.8 Å². The minimum atomic E-state index is -3.74. The first kappa shape index (κ1) is 25.3. The molecule has 6 heteroatoms. The fraction of sp³-hybridized carbons (Fsp3) is 0.750. The highest BCUT2D eigenvalue weighted by Crippen LogP contribution is 2.35. The van der Waals surface area contributed by atoms with Crippen LogP contribution in [0.4, 0.5) is 0 Å². The van der Waals surface area contributed by atoms with Crippen molar-refractivity contribution in [1.29, 1.82) is 0 Å². The zero-order valence-corrected chi connectivity index (χ0v) is 20.9. The van der Waals surface area contributed by atoms with Crippen LogP contribution in [0.2, 0.25) is 0 Å². The Labute approximate surface area is 184 Å². The van der Waals surface area contributed by atoms with Gasteiger partial charge in [-0.25, -0.2) is 13.1 Å². The number of benzene rings is 1. The molecule has 0 amide bonds. The second-order valence-corrected chi connectivity index (χ2v) is 11.7. The number of likely N-dealkylation sites (tertiary alicyclic amines) is 1. The quantitative estimate of drug-likeness (QED) is 0.593. The molecular weight excluding hydrogens is 396 g/mol. The molecule has 5 nitrogen and oxygen atoms in total. The van der Waals surface area contributed by atoms with Crippen molar-refractivity contribution < 1.29 is 13.5 Å². The van der Waals surface area contributed by atoms with Gasteiger partial charge in [0, 0.05) is 25.2 Å². The first-order valence-corrected chi connectivity index (χ1v) is 12.9. The number of hydrogen-bond acceptors (Lipinski definition) is 4. The number of nitrogens with zero attached hydrogens (tertiary/aromatic N) is 1. The summed E-state index contributed by atoms with van der Waals surface area (Å²) >= 11 is 0. The number of nitrogens with one attached hydrogen (secondary N) is 1. The van der Waals surface area contributed by atoms with Gasteiger partial charge in [0.25, 0.3) is 0 Å². The molecule has 2 rings (SSSR count). The Morgan fingerprint density at radius 2 is 1.43 bits per heavy atom. The second kappa shape index (κ2) is 10.1. The van der Waals surface area contributed by atoms with E-state index < -0.39 is 16.1 Å². The third-order valence-corrected chi connectivity index (χ3v) is 7.97. The summed E-state index contributed by atoms with van der Waals surface area (Å²) in [5, 5.41) is 10.6. The largest absolute Gasteiger partial charge is 0.390 e. The summed E-state index contributed by atoms with van der Waals surface area (Å²) in [6, 6.07) is 4.93. The first-order chi connectivity index (χ1) is 13.8. The van der Waals surface area contributed by atoms with Gasteiger partial charge in [-0.1, -0.05) is 53.7 Å². The minimum Gasteiger partial charge on any atom is -0.390 e. The predicted molar refractivity (Wildman–Crippen MR) is 125 cm³/mol. The highest BCUT2D eigenvalue weighted by molar-refractivity contribution is 7.89. The topological polar surface area (TPSA) is 69.6 Å². The molecule has 1 heterocycles. The maximum Gasteiger partial charge on any atom is 0.241 e. The molecule has 0 spiro atoms. The molecule has 0 aliphatic carbocycles. The van der Waals surface area contributed by atoms with E-state index >= 15 is 0 Å². The lowest BCUT2D eigenvalue weighted by Gasteiger charge is -2.28. The summed E-state index contributed by atoms with van der Waals surface area (Å²) in [4.78, 5) is 2.67. The van der Waals surface area contributed by atoms with Crippen LogP contribution in [0.15, 0.2) is 17.0 Å². The van der Waals surface area contributed by atoms with Gasteiger partial charge in [0.2, 0.25) is 10.0 Å². The van der Waals surface area contributed by atoms with Crippen LogP contribution >= 0.6 is 0 Å². The van der Waals surface area contributed by atoms with Gasteiger partial charge in [0.15, 0.2) is 0 Å². The Hall–Kier alpha value is -0.950. The van der Waals surface area contributed by atoms with Crippen LogP contribution in [-0.4, -0.2) is 49.7 Å². The van der Waals surface area contributed by atoms with Crippen molar-refractivity contribution in [2.24, 2.45) is 0 Å². The van der Waals surface area contributed by atoms with Crippen molar-refractivity contribution in [3.05, 3.63) is 28.8 Å². The summed E-state index contributed by atoms with van der Waals surface area (Å²) in [6.45, 7) is 17.3. The summed E-state index contributed by atoms with van der Waals surface area (Å²) in [5.41, 5.74) is 2.88. The maximum atomic E-state index is 13.4. The summed E-state index contributed by atoms with van der Waals surface area (Å²) in [5.74, 6) is 0.504. The van der Waals surface area contributed by atoms with Gasteiger partial charge >= 0.3 is 0 Å². The van der Waals surface area contributed by atoms with E-state index in [-0.39, 0.29) is 18.4 Å². The summed E-state index contributed by atoms with van der Waals surface area (Å²) < 4.78 is 29.5. The minimum absolute atomic E-state index is 0.0271. The molecule has 1 aliphatic rings. The molecular formula is C24H42N2O3S. The molecule has 0 saturated carbocycles. The average Bonchev–Trinajstić information content (AvgIpc) is 2.97. The third-order valence-electron chi connectivity index (χ3n) is 6.41. The first-order valence-electron chi connectivity index (χ1n) is 11.5. The predicted octanol–water partition coefficient (Wildman–Crippen LogP) is 4.57. The van der Waals surface area contributed by atoms with Gasteiger partial charge in [0.1, 0.15) is 0 Å². The fourth-order valence-corrected chi connectivity index (χ4v) is 6.16. The van der Waals surface area contributed by atoms with E-state index in [9.17, 15) is 13.5 Å². The van der Waals surface area contributed by atoms with Crippen LogP contribution in [0, 0.1) is 0 Å². The molecule has 0 bridgehead atoms. The summed E-state index contributed by atoms with van der Waals surface area (Å²) in [6.07, 6.45) is 1.51. The Morgan fingerprint density at radius 3 is 1.83 bits per heavy atom. The van der Waals surface area contributed by atoms with Gasteiger partial charge in [-0.05, 0) is 61.1 Å². The highest BCUT2D eigenvalue weighted by Gasteiger charge is 2.30. The normalized spacial score (nSPS) is 21.9. The standard InChI is InChI=1S/C24H42N2O3S/c1-15(2)20-11-22(16(3)4)24(23(12-20)17(5)6)30(28,29)25-13-21(27)14-26-18(7)9-10-19(26)8/h11-12,15-19,21,25,27H,9-10,13-14H2,1-8H3/t18?,19?,21-/m0/s1. The number of hydrogen-bond donors (Lipinski definition) is 2. The van der Waals surface area contributed by atoms with Crippen molar-refractivity contribution in [1.82, 2.24) is 9.62 Å². The van der Waals surface area contributed by atoms with Crippen LogP contribution in [-0.2, 0) is 10.0 Å². The Bertz CT molecular complexity index is 779. The highest BCUT2D eigenvalue weighted by atomic mass is 32.2. The molecule has 2 unspecified atom stereocenters. The van der Waals surface area contributed by atoms with Gasteiger partial charge in [0.05, 0.1) is 11.0 Å². The van der Waals surface area contributed by atoms with E-state index in [4.69, 9.17) is 0 Å². The zero-order chi connectivity index (χ0) is 22.8. The Balaban J connectivity index is 2.29. The van der Waals surface area contributed by atoms with Crippen molar-refractivity contribution >= 4 is 10.0 Å². The van der Waals surface area contributed by atoms with Crippen molar-refractivity contribution in [2.45, 2.75) is 109 Å². The molecule has 3 atom stereocenters. The Kier molecular flexibility index (Phi) is 8.53. The van der Waals surface area contributed by atoms with E-state index in [0.29, 0.717) is 29.4 Å². The number of rotatable bonds is 9. The third kappa shape index (κ3) is 5.84. The van der Waals surface area contributed by atoms with Crippen molar-refractivity contribution in [3.63, 3.8) is 0 Å². The van der Waals surface area contributed by atoms with E-state index in [1.165, 1.54) is 5.56 Å². The van der Waals surface area contributed by atoms with Gasteiger partial charge in [-0.2, -0.15) is 0 Å². The van der Waals surface area contributed by atoms with E-state index in [2.05, 4.69) is 37.3 Å². The molecule has 0 radical (unpaired) electrons. The lowest BCUT2D eigenvalue weighted by molar-refractivity contribution is 0.0941. The lowest BCUT2D eigenvalue weighted by atomic mass is 9.89. The maximum absolute atomic E-state index is 13.4. The molecule has 30 heavy (non-hydrogen) atoms. The van der Waals surface area contributed by atoms with Crippen LogP contribution in [0.1, 0.15) is 103 Å². The average molecular weight is 439 g/mol. The van der Waals surface area contributed by atoms with E-state index in [1.54, 1.807) is 0 Å². The second-order valence-electron chi connectivity index (χ2n) is 9.97. The van der Waals surface area contributed by atoms with Crippen molar-refractivity contribution in [3.8, 4) is 0 Å². The molecule has 1 fully saturated rings. The summed E-state index contributed by atoms with van der Waals surface area (Å²) in [7, 11) is -3.74. The lowest BCUT2D eigenvalue weighted by Crippen LogP contribution is -2.43. The SMILES string of the molecule is CC(C)c1cc(C(C)C)c(S(=O)(=O)NC[C@H](O)CN2C(C)CCC2C)c(C(C)C)c1. The smallest absolute Gasteiger partial charge is 0.241 e. The van der Waals surface area contributed by atoms with Gasteiger partial charge < -0.3 is 5.11 Å². The van der Waals surface area contributed by atoms with Gasteiger partial charge in [-0.15, -0.1) is 0 Å². The molecule has 1 aromatic carbocycles. The number of β-amino-alcohol motifs (C(OH)–C–C–N with tert-alkyl or cyclic N) is 1. The van der Waals surface area contributed by atoms with Crippen LogP contribution < -0.4 is 4.72 Å².